The van der Waals surface area contributed by atoms with Crippen molar-refractivity contribution in [2.24, 2.45) is 5.73 Å². The Kier molecular flexibility index (Phi) is 4.77. The van der Waals surface area contributed by atoms with E-state index >= 15 is 0 Å². The number of morpholine rings is 1. The zero-order chi connectivity index (χ0) is 17.1. The highest BCUT2D eigenvalue weighted by atomic mass is 32.1. The third-order valence-corrected chi connectivity index (χ3v) is 4.73. The minimum Gasteiger partial charge on any atom is -0.367 e. The first-order chi connectivity index (χ1) is 11.6. The average Bonchev–Trinajstić information content (AvgIpc) is 3.11. The van der Waals surface area contributed by atoms with Crippen LogP contribution in [0.15, 0.2) is 35.7 Å². The maximum Gasteiger partial charge on any atom is 0.273 e. The number of benzene rings is 1. The SMILES string of the molecule is CN(c1ccccc1)c1nc(C(=O)N2CCOC(C(N)=O)C2)cs1. The predicted octanol–water partition coefficient (Wildman–Crippen LogP) is 1.24. The van der Waals surface area contributed by atoms with Crippen LogP contribution in [0.25, 0.3) is 0 Å². The van der Waals surface area contributed by atoms with Gasteiger partial charge in [0.2, 0.25) is 5.91 Å². The van der Waals surface area contributed by atoms with E-state index in [2.05, 4.69) is 4.98 Å². The molecule has 0 saturated carbocycles. The fourth-order valence-corrected chi connectivity index (χ4v) is 3.23. The van der Waals surface area contributed by atoms with Crippen LogP contribution >= 0.6 is 11.3 Å². The minimum atomic E-state index is -0.757. The molecule has 0 spiro atoms. The van der Waals surface area contributed by atoms with E-state index in [9.17, 15) is 9.59 Å². The van der Waals surface area contributed by atoms with Crippen molar-refractivity contribution < 1.29 is 14.3 Å². The minimum absolute atomic E-state index is 0.162. The third-order valence-electron chi connectivity index (χ3n) is 3.81. The van der Waals surface area contributed by atoms with E-state index in [1.54, 1.807) is 10.3 Å². The largest absolute Gasteiger partial charge is 0.367 e. The Hall–Kier alpha value is -2.45. The van der Waals surface area contributed by atoms with Crippen LogP contribution < -0.4 is 10.6 Å². The summed E-state index contributed by atoms with van der Waals surface area (Å²) >= 11 is 1.40. The molecule has 2 aromatic rings. The zero-order valence-electron chi connectivity index (χ0n) is 13.2. The molecule has 1 atom stereocenters. The number of hydrogen-bond acceptors (Lipinski definition) is 6. The van der Waals surface area contributed by atoms with Crippen LogP contribution in [-0.4, -0.2) is 54.5 Å². The molecule has 0 radical (unpaired) electrons. The Labute approximate surface area is 143 Å². The van der Waals surface area contributed by atoms with E-state index in [4.69, 9.17) is 10.5 Å². The van der Waals surface area contributed by atoms with Crippen LogP contribution in [0.1, 0.15) is 10.5 Å². The number of thiazole rings is 1. The standard InChI is InChI=1S/C16H18N4O3S/c1-19(11-5-3-2-4-6-11)16-18-12(10-24-16)15(22)20-7-8-23-13(9-20)14(17)21/h2-6,10,13H,7-9H2,1H3,(H2,17,21). The van der Waals surface area contributed by atoms with Crippen molar-refractivity contribution in [1.82, 2.24) is 9.88 Å². The first-order valence-corrected chi connectivity index (χ1v) is 8.38. The normalized spacial score (nSPS) is 17.5. The highest BCUT2D eigenvalue weighted by molar-refractivity contribution is 7.14. The number of carbonyl (C=O) groups excluding carboxylic acids is 2. The summed E-state index contributed by atoms with van der Waals surface area (Å²) in [4.78, 5) is 31.7. The molecule has 1 aliphatic rings. The lowest BCUT2D eigenvalue weighted by Gasteiger charge is -2.30. The van der Waals surface area contributed by atoms with Gasteiger partial charge >= 0.3 is 0 Å². The summed E-state index contributed by atoms with van der Waals surface area (Å²) in [6, 6.07) is 9.79. The molecule has 0 bridgehead atoms. The Morgan fingerprint density at radius 2 is 2.12 bits per heavy atom. The van der Waals surface area contributed by atoms with Crippen molar-refractivity contribution in [3.8, 4) is 0 Å². The maximum atomic E-state index is 12.6. The van der Waals surface area contributed by atoms with E-state index in [0.717, 1.165) is 10.8 Å². The number of primary amides is 1. The molecule has 1 aromatic carbocycles. The lowest BCUT2D eigenvalue weighted by Crippen LogP contribution is -2.50. The van der Waals surface area contributed by atoms with Crippen molar-refractivity contribution in [3.05, 3.63) is 41.4 Å². The second-order valence-corrected chi connectivity index (χ2v) is 6.26. The predicted molar refractivity (Wildman–Crippen MR) is 91.5 cm³/mol. The van der Waals surface area contributed by atoms with Crippen molar-refractivity contribution in [3.63, 3.8) is 0 Å². The number of amides is 2. The lowest BCUT2D eigenvalue weighted by atomic mass is 10.2. The van der Waals surface area contributed by atoms with Gasteiger partial charge in [-0.25, -0.2) is 4.98 Å². The molecular weight excluding hydrogens is 328 g/mol. The van der Waals surface area contributed by atoms with Gasteiger partial charge in [0.05, 0.1) is 13.2 Å². The monoisotopic (exact) mass is 346 g/mol. The van der Waals surface area contributed by atoms with Crippen molar-refractivity contribution in [2.75, 3.05) is 31.6 Å². The third kappa shape index (κ3) is 3.39. The Bertz CT molecular complexity index is 734. The number of carbonyl (C=O) groups is 2. The molecule has 1 aliphatic heterocycles. The van der Waals surface area contributed by atoms with Gasteiger partial charge in [0.15, 0.2) is 11.2 Å². The first-order valence-electron chi connectivity index (χ1n) is 7.51. The molecule has 24 heavy (non-hydrogen) atoms. The Morgan fingerprint density at radius 1 is 1.38 bits per heavy atom. The number of para-hydroxylation sites is 1. The zero-order valence-corrected chi connectivity index (χ0v) is 14.0. The summed E-state index contributed by atoms with van der Waals surface area (Å²) < 4.78 is 5.26. The molecule has 3 rings (SSSR count). The number of rotatable bonds is 4. The van der Waals surface area contributed by atoms with E-state index < -0.39 is 12.0 Å². The first kappa shape index (κ1) is 16.4. The summed E-state index contributed by atoms with van der Waals surface area (Å²) in [5.41, 5.74) is 6.61. The van der Waals surface area contributed by atoms with E-state index in [1.165, 1.54) is 11.3 Å². The Balaban J connectivity index is 1.73. The molecule has 2 heterocycles. The molecule has 2 N–H and O–H groups in total. The van der Waals surface area contributed by atoms with E-state index in [0.29, 0.717) is 18.8 Å². The fraction of sp³-hybridized carbons (Fsp3) is 0.312. The highest BCUT2D eigenvalue weighted by Gasteiger charge is 2.29. The van der Waals surface area contributed by atoms with Crippen LogP contribution in [0.4, 0.5) is 10.8 Å². The van der Waals surface area contributed by atoms with Gasteiger partial charge in [0.1, 0.15) is 5.69 Å². The average molecular weight is 346 g/mol. The Morgan fingerprint density at radius 3 is 2.83 bits per heavy atom. The smallest absolute Gasteiger partial charge is 0.273 e. The van der Waals surface area contributed by atoms with Gasteiger partial charge in [-0.2, -0.15) is 0 Å². The molecular formula is C16H18N4O3S. The van der Waals surface area contributed by atoms with Crippen LogP contribution in [0.2, 0.25) is 0 Å². The molecule has 0 aliphatic carbocycles. The lowest BCUT2D eigenvalue weighted by molar-refractivity contribution is -0.133. The quantitative estimate of drug-likeness (QED) is 0.900. The fourth-order valence-electron chi connectivity index (χ4n) is 2.45. The molecule has 1 unspecified atom stereocenters. The molecule has 1 fully saturated rings. The van der Waals surface area contributed by atoms with Gasteiger partial charge < -0.3 is 20.3 Å². The van der Waals surface area contributed by atoms with Crippen LogP contribution in [-0.2, 0) is 9.53 Å². The molecule has 8 heteroatoms. The number of hydrogen-bond donors (Lipinski definition) is 1. The maximum absolute atomic E-state index is 12.6. The topological polar surface area (TPSA) is 88.8 Å². The second-order valence-electron chi connectivity index (χ2n) is 5.42. The number of nitrogens with two attached hydrogens (primary N) is 1. The van der Waals surface area contributed by atoms with Gasteiger partial charge in [-0.1, -0.05) is 18.2 Å². The van der Waals surface area contributed by atoms with Crippen molar-refractivity contribution in [1.29, 1.82) is 0 Å². The van der Waals surface area contributed by atoms with Gasteiger partial charge in [0, 0.05) is 24.7 Å². The second kappa shape index (κ2) is 6.98. The molecule has 2 amide bonds. The van der Waals surface area contributed by atoms with E-state index in [-0.39, 0.29) is 12.5 Å². The summed E-state index contributed by atoms with van der Waals surface area (Å²) in [7, 11) is 1.90. The highest BCUT2D eigenvalue weighted by Crippen LogP contribution is 2.27. The van der Waals surface area contributed by atoms with Crippen molar-refractivity contribution in [2.45, 2.75) is 6.10 Å². The van der Waals surface area contributed by atoms with Gasteiger partial charge in [-0.05, 0) is 12.1 Å². The van der Waals surface area contributed by atoms with Gasteiger partial charge in [0.25, 0.3) is 5.91 Å². The van der Waals surface area contributed by atoms with Crippen LogP contribution in [0, 0.1) is 0 Å². The van der Waals surface area contributed by atoms with Crippen LogP contribution in [0.3, 0.4) is 0 Å². The number of ether oxygens (including phenoxy) is 1. The number of nitrogens with zero attached hydrogens (tertiary/aromatic N) is 3. The molecule has 1 saturated heterocycles. The summed E-state index contributed by atoms with van der Waals surface area (Å²) in [5.74, 6) is -0.774. The van der Waals surface area contributed by atoms with E-state index in [1.807, 2.05) is 42.3 Å². The van der Waals surface area contributed by atoms with Gasteiger partial charge in [-0.15, -0.1) is 11.3 Å². The number of aromatic nitrogens is 1. The van der Waals surface area contributed by atoms with Gasteiger partial charge in [-0.3, -0.25) is 9.59 Å². The summed E-state index contributed by atoms with van der Waals surface area (Å²) in [5, 5.41) is 2.45. The molecule has 1 aromatic heterocycles. The van der Waals surface area contributed by atoms with Crippen LogP contribution in [0.5, 0.6) is 0 Å². The van der Waals surface area contributed by atoms with Crippen molar-refractivity contribution >= 4 is 34.0 Å². The summed E-state index contributed by atoms with van der Waals surface area (Å²) in [6.07, 6.45) is -0.757. The number of anilines is 2. The summed E-state index contributed by atoms with van der Waals surface area (Å²) in [6.45, 7) is 0.875. The molecule has 7 nitrogen and oxygen atoms in total. The molecule has 126 valence electrons.